The van der Waals surface area contributed by atoms with E-state index in [1.54, 1.807) is 0 Å². The normalized spacial score (nSPS) is 28.9. The van der Waals surface area contributed by atoms with E-state index in [0.29, 0.717) is 13.2 Å². The zero-order valence-electron chi connectivity index (χ0n) is 11.2. The highest BCUT2D eigenvalue weighted by molar-refractivity contribution is 7.53. The molecule has 3 unspecified atom stereocenters. The Labute approximate surface area is 103 Å². The Morgan fingerprint density at radius 1 is 1.12 bits per heavy atom. The van der Waals surface area contributed by atoms with Gasteiger partial charge in [-0.25, -0.2) is 0 Å². The minimum absolute atomic E-state index is 0.0926. The molecule has 1 heterocycles. The second-order valence-electron chi connectivity index (χ2n) is 4.83. The van der Waals surface area contributed by atoms with Gasteiger partial charge in [0.15, 0.2) is 0 Å². The second kappa shape index (κ2) is 6.30. The van der Waals surface area contributed by atoms with E-state index in [-0.39, 0.29) is 24.4 Å². The predicted octanol–water partition coefficient (Wildman–Crippen LogP) is 2.44. The van der Waals surface area contributed by atoms with Gasteiger partial charge in [-0.2, -0.15) is 0 Å². The van der Waals surface area contributed by atoms with Crippen LogP contribution in [0.2, 0.25) is 0 Å². The van der Waals surface area contributed by atoms with Crippen molar-refractivity contribution in [2.45, 2.75) is 52.1 Å². The molecule has 1 rings (SSSR count). The Morgan fingerprint density at radius 2 is 1.71 bits per heavy atom. The quantitative estimate of drug-likeness (QED) is 0.691. The molecule has 0 aliphatic carbocycles. The van der Waals surface area contributed by atoms with Crippen LogP contribution in [0.3, 0.4) is 0 Å². The zero-order valence-corrected chi connectivity index (χ0v) is 12.1. The first kappa shape index (κ1) is 15.1. The molecule has 0 N–H and O–H groups in total. The SMILES string of the molecule is CC(C)OC1COCC1OP(C)(=O)OC(C)C. The maximum Gasteiger partial charge on any atom is 0.328 e. The molecular formula is C11H23O5P. The van der Waals surface area contributed by atoms with Crippen LogP contribution in [0.1, 0.15) is 27.7 Å². The molecule has 0 radical (unpaired) electrons. The van der Waals surface area contributed by atoms with Crippen LogP contribution in [0.5, 0.6) is 0 Å². The maximum absolute atomic E-state index is 12.1. The first-order chi connectivity index (χ1) is 7.80. The summed E-state index contributed by atoms with van der Waals surface area (Å²) in [5, 5.41) is 0. The van der Waals surface area contributed by atoms with Gasteiger partial charge in [-0.1, -0.05) is 0 Å². The van der Waals surface area contributed by atoms with E-state index < -0.39 is 7.60 Å². The zero-order chi connectivity index (χ0) is 13.1. The minimum atomic E-state index is -3.04. The average Bonchev–Trinajstić information content (AvgIpc) is 2.48. The fourth-order valence-corrected chi connectivity index (χ4v) is 3.25. The molecule has 0 spiro atoms. The van der Waals surface area contributed by atoms with E-state index in [4.69, 9.17) is 18.5 Å². The first-order valence-electron chi connectivity index (χ1n) is 5.97. The Balaban J connectivity index is 2.51. The molecule has 0 aromatic heterocycles. The maximum atomic E-state index is 12.1. The highest BCUT2D eigenvalue weighted by Gasteiger charge is 2.35. The van der Waals surface area contributed by atoms with E-state index in [9.17, 15) is 4.57 Å². The molecule has 6 heteroatoms. The largest absolute Gasteiger partial charge is 0.376 e. The van der Waals surface area contributed by atoms with Crippen molar-refractivity contribution in [3.8, 4) is 0 Å². The van der Waals surface area contributed by atoms with Crippen molar-refractivity contribution in [3.63, 3.8) is 0 Å². The first-order valence-corrected chi connectivity index (χ1v) is 7.96. The monoisotopic (exact) mass is 266 g/mol. The summed E-state index contributed by atoms with van der Waals surface area (Å²) in [6.07, 6.45) is -0.515. The molecule has 3 atom stereocenters. The molecule has 0 saturated carbocycles. The van der Waals surface area contributed by atoms with Gasteiger partial charge in [-0.3, -0.25) is 4.57 Å². The van der Waals surface area contributed by atoms with Gasteiger partial charge in [0, 0.05) is 6.66 Å². The van der Waals surface area contributed by atoms with E-state index >= 15 is 0 Å². The smallest absolute Gasteiger partial charge is 0.328 e. The molecule has 17 heavy (non-hydrogen) atoms. The van der Waals surface area contributed by atoms with Gasteiger partial charge in [0.25, 0.3) is 0 Å². The molecule has 0 bridgehead atoms. The summed E-state index contributed by atoms with van der Waals surface area (Å²) in [5.74, 6) is 0. The summed E-state index contributed by atoms with van der Waals surface area (Å²) in [5.41, 5.74) is 0. The van der Waals surface area contributed by atoms with Crippen LogP contribution in [0, 0.1) is 0 Å². The third-order valence-corrected chi connectivity index (χ3v) is 3.61. The Hall–Kier alpha value is 0.0700. The van der Waals surface area contributed by atoms with Crippen molar-refractivity contribution < 1.29 is 23.1 Å². The minimum Gasteiger partial charge on any atom is -0.376 e. The van der Waals surface area contributed by atoms with E-state index in [0.717, 1.165) is 0 Å². The van der Waals surface area contributed by atoms with E-state index in [2.05, 4.69) is 0 Å². The van der Waals surface area contributed by atoms with Crippen molar-refractivity contribution >= 4 is 7.60 Å². The second-order valence-corrected chi connectivity index (χ2v) is 6.79. The standard InChI is InChI=1S/C11H23O5P/c1-8(2)14-10-6-13-7-11(10)16-17(5,12)15-9(3)4/h8-11H,6-7H2,1-5H3. The van der Waals surface area contributed by atoms with Gasteiger partial charge in [0.05, 0.1) is 25.4 Å². The number of ether oxygens (including phenoxy) is 2. The lowest BCUT2D eigenvalue weighted by molar-refractivity contribution is -0.0378. The van der Waals surface area contributed by atoms with Gasteiger partial charge in [0.1, 0.15) is 12.2 Å². The van der Waals surface area contributed by atoms with E-state index in [1.165, 1.54) is 6.66 Å². The van der Waals surface area contributed by atoms with Crippen molar-refractivity contribution in [1.82, 2.24) is 0 Å². The van der Waals surface area contributed by atoms with Crippen LogP contribution in [0.15, 0.2) is 0 Å². The molecule has 0 aromatic carbocycles. The topological polar surface area (TPSA) is 54.0 Å². The fourth-order valence-electron chi connectivity index (χ4n) is 1.74. The lowest BCUT2D eigenvalue weighted by atomic mass is 10.2. The Bertz CT molecular complexity index is 279. The summed E-state index contributed by atoms with van der Waals surface area (Å²) in [6.45, 7) is 9.91. The van der Waals surface area contributed by atoms with Crippen molar-refractivity contribution in [3.05, 3.63) is 0 Å². The van der Waals surface area contributed by atoms with Gasteiger partial charge < -0.3 is 18.5 Å². The van der Waals surface area contributed by atoms with Gasteiger partial charge >= 0.3 is 7.60 Å². The molecular weight excluding hydrogens is 243 g/mol. The molecule has 102 valence electrons. The number of rotatable bonds is 6. The van der Waals surface area contributed by atoms with Crippen molar-refractivity contribution in [1.29, 1.82) is 0 Å². The van der Waals surface area contributed by atoms with Crippen LogP contribution < -0.4 is 0 Å². The molecule has 1 saturated heterocycles. The highest BCUT2D eigenvalue weighted by atomic mass is 31.2. The molecule has 1 aliphatic heterocycles. The Morgan fingerprint density at radius 3 is 2.24 bits per heavy atom. The molecule has 0 aromatic rings. The molecule has 1 aliphatic rings. The predicted molar refractivity (Wildman–Crippen MR) is 65.5 cm³/mol. The summed E-state index contributed by atoms with van der Waals surface area (Å²) in [7, 11) is -3.04. The van der Waals surface area contributed by atoms with Crippen LogP contribution >= 0.6 is 7.60 Å². The van der Waals surface area contributed by atoms with Crippen LogP contribution in [-0.2, 0) is 23.1 Å². The molecule has 5 nitrogen and oxygen atoms in total. The lowest BCUT2D eigenvalue weighted by Gasteiger charge is -2.24. The molecule has 0 amide bonds. The van der Waals surface area contributed by atoms with Crippen molar-refractivity contribution in [2.75, 3.05) is 19.9 Å². The third-order valence-electron chi connectivity index (χ3n) is 2.16. The Kier molecular flexibility index (Phi) is 5.61. The van der Waals surface area contributed by atoms with Crippen molar-refractivity contribution in [2.24, 2.45) is 0 Å². The number of hydrogen-bond acceptors (Lipinski definition) is 5. The lowest BCUT2D eigenvalue weighted by Crippen LogP contribution is -2.31. The van der Waals surface area contributed by atoms with Crippen LogP contribution in [0.25, 0.3) is 0 Å². The van der Waals surface area contributed by atoms with Gasteiger partial charge in [-0.05, 0) is 27.7 Å². The molecule has 1 fully saturated rings. The third kappa shape index (κ3) is 5.49. The fraction of sp³-hybridized carbons (Fsp3) is 1.00. The number of hydrogen-bond donors (Lipinski definition) is 0. The van der Waals surface area contributed by atoms with Crippen LogP contribution in [-0.4, -0.2) is 44.3 Å². The summed E-state index contributed by atoms with van der Waals surface area (Å²) >= 11 is 0. The van der Waals surface area contributed by atoms with Gasteiger partial charge in [-0.15, -0.1) is 0 Å². The summed E-state index contributed by atoms with van der Waals surface area (Å²) < 4.78 is 33.8. The summed E-state index contributed by atoms with van der Waals surface area (Å²) in [6, 6.07) is 0. The van der Waals surface area contributed by atoms with Gasteiger partial charge in [0.2, 0.25) is 0 Å². The van der Waals surface area contributed by atoms with E-state index in [1.807, 2.05) is 27.7 Å². The summed E-state index contributed by atoms with van der Waals surface area (Å²) in [4.78, 5) is 0. The van der Waals surface area contributed by atoms with Crippen LogP contribution in [0.4, 0.5) is 0 Å². The highest BCUT2D eigenvalue weighted by Crippen LogP contribution is 2.47. The average molecular weight is 266 g/mol.